The zero-order valence-corrected chi connectivity index (χ0v) is 17.6. The molecule has 0 spiro atoms. The molecule has 0 unspecified atom stereocenters. The number of carbonyl (C=O) groups is 2. The number of nitriles is 1. The Hall–Kier alpha value is -2.93. The SMILES string of the molecule is CCC(=S)NC[C@H]1CN(c2ccc(N3CCN(C(=O)CC#N)CC3)c(F)c2)C(=O)O1. The molecular weight excluding hydrogens is 409 g/mol. The number of halogens is 1. The maximum atomic E-state index is 14.8. The van der Waals surface area contributed by atoms with Gasteiger partial charge in [-0.1, -0.05) is 19.1 Å². The molecule has 0 radical (unpaired) electrons. The van der Waals surface area contributed by atoms with Crippen LogP contribution in [-0.4, -0.2) is 67.3 Å². The number of anilines is 2. The average Bonchev–Trinajstić information content (AvgIpc) is 3.12. The third-order valence-corrected chi connectivity index (χ3v) is 5.60. The molecule has 30 heavy (non-hydrogen) atoms. The number of hydrogen-bond donors (Lipinski definition) is 1. The van der Waals surface area contributed by atoms with Gasteiger partial charge in [-0.25, -0.2) is 9.18 Å². The molecule has 2 aliphatic heterocycles. The lowest BCUT2D eigenvalue weighted by atomic mass is 10.2. The molecule has 3 rings (SSSR count). The van der Waals surface area contributed by atoms with E-state index in [-0.39, 0.29) is 18.4 Å². The summed E-state index contributed by atoms with van der Waals surface area (Å²) in [7, 11) is 0. The van der Waals surface area contributed by atoms with Gasteiger partial charge in [0.1, 0.15) is 18.3 Å². The van der Waals surface area contributed by atoms with Crippen LogP contribution < -0.4 is 15.1 Å². The number of hydrogen-bond acceptors (Lipinski definition) is 6. The van der Waals surface area contributed by atoms with E-state index < -0.39 is 11.9 Å². The minimum absolute atomic E-state index is 0.143. The summed E-state index contributed by atoms with van der Waals surface area (Å²) >= 11 is 5.11. The third-order valence-electron chi connectivity index (χ3n) is 5.17. The van der Waals surface area contributed by atoms with E-state index in [4.69, 9.17) is 22.2 Å². The number of thiocarbonyl (C=S) groups is 1. The highest BCUT2D eigenvalue weighted by atomic mass is 32.1. The van der Waals surface area contributed by atoms with Gasteiger partial charge in [-0.15, -0.1) is 0 Å². The van der Waals surface area contributed by atoms with E-state index in [1.165, 1.54) is 11.0 Å². The van der Waals surface area contributed by atoms with E-state index in [0.717, 1.165) is 0 Å². The van der Waals surface area contributed by atoms with Crippen LogP contribution in [0.1, 0.15) is 19.8 Å². The Kier molecular flexibility index (Phi) is 7.05. The van der Waals surface area contributed by atoms with Gasteiger partial charge in [0.15, 0.2) is 0 Å². The monoisotopic (exact) mass is 433 g/mol. The van der Waals surface area contributed by atoms with Crippen LogP contribution in [0.3, 0.4) is 0 Å². The summed E-state index contributed by atoms with van der Waals surface area (Å²) in [6.45, 7) is 4.51. The van der Waals surface area contributed by atoms with Crippen molar-refractivity contribution in [2.24, 2.45) is 0 Å². The number of amides is 2. The quantitative estimate of drug-likeness (QED) is 0.687. The number of rotatable bonds is 6. The maximum Gasteiger partial charge on any atom is 0.414 e. The smallest absolute Gasteiger partial charge is 0.414 e. The van der Waals surface area contributed by atoms with Crippen LogP contribution in [0.25, 0.3) is 0 Å². The van der Waals surface area contributed by atoms with Crippen LogP contribution >= 0.6 is 12.2 Å². The molecule has 2 saturated heterocycles. The number of piperazine rings is 1. The van der Waals surface area contributed by atoms with Crippen LogP contribution in [-0.2, 0) is 9.53 Å². The predicted octanol–water partition coefficient (Wildman–Crippen LogP) is 2.04. The maximum absolute atomic E-state index is 14.8. The third kappa shape index (κ3) is 4.97. The van der Waals surface area contributed by atoms with Gasteiger partial charge in [0.2, 0.25) is 5.91 Å². The van der Waals surface area contributed by atoms with Crippen molar-refractivity contribution in [1.29, 1.82) is 5.26 Å². The lowest BCUT2D eigenvalue weighted by Gasteiger charge is -2.36. The molecule has 2 fully saturated rings. The normalized spacial score (nSPS) is 18.8. The van der Waals surface area contributed by atoms with Crippen molar-refractivity contribution >= 4 is 40.6 Å². The van der Waals surface area contributed by atoms with Crippen LogP contribution in [0.2, 0.25) is 0 Å². The summed E-state index contributed by atoms with van der Waals surface area (Å²) in [5.74, 6) is -0.643. The summed E-state index contributed by atoms with van der Waals surface area (Å²) in [6, 6.07) is 6.52. The Morgan fingerprint density at radius 1 is 1.37 bits per heavy atom. The second-order valence-electron chi connectivity index (χ2n) is 7.11. The highest BCUT2D eigenvalue weighted by Gasteiger charge is 2.33. The van der Waals surface area contributed by atoms with Crippen molar-refractivity contribution in [3.8, 4) is 6.07 Å². The lowest BCUT2D eigenvalue weighted by molar-refractivity contribution is -0.130. The van der Waals surface area contributed by atoms with Crippen LogP contribution in [0.5, 0.6) is 0 Å². The van der Waals surface area contributed by atoms with E-state index in [0.29, 0.717) is 62.1 Å². The lowest BCUT2D eigenvalue weighted by Crippen LogP contribution is -2.49. The van der Waals surface area contributed by atoms with Crippen LogP contribution in [0, 0.1) is 17.1 Å². The van der Waals surface area contributed by atoms with Crippen LogP contribution in [0.15, 0.2) is 18.2 Å². The first-order valence-electron chi connectivity index (χ1n) is 9.87. The summed E-state index contributed by atoms with van der Waals surface area (Å²) in [4.78, 5) is 29.6. The van der Waals surface area contributed by atoms with Gasteiger partial charge in [0.25, 0.3) is 0 Å². The van der Waals surface area contributed by atoms with Gasteiger partial charge in [-0.3, -0.25) is 9.69 Å². The molecule has 1 atom stereocenters. The van der Waals surface area contributed by atoms with Gasteiger partial charge in [0, 0.05) is 26.2 Å². The molecule has 2 aliphatic rings. The minimum Gasteiger partial charge on any atom is -0.442 e. The zero-order valence-electron chi connectivity index (χ0n) is 16.8. The van der Waals surface area contributed by atoms with Crippen molar-refractivity contribution in [2.45, 2.75) is 25.9 Å². The van der Waals surface area contributed by atoms with E-state index in [1.54, 1.807) is 17.0 Å². The number of carbonyl (C=O) groups excluding carboxylic acids is 2. The van der Waals surface area contributed by atoms with E-state index in [9.17, 15) is 14.0 Å². The van der Waals surface area contributed by atoms with Crippen molar-refractivity contribution in [2.75, 3.05) is 49.1 Å². The summed E-state index contributed by atoms with van der Waals surface area (Å²) < 4.78 is 20.2. The second kappa shape index (κ2) is 9.71. The first kappa shape index (κ1) is 21.8. The van der Waals surface area contributed by atoms with Gasteiger partial charge >= 0.3 is 6.09 Å². The van der Waals surface area contributed by atoms with Gasteiger partial charge in [-0.05, 0) is 24.6 Å². The van der Waals surface area contributed by atoms with Crippen molar-refractivity contribution in [1.82, 2.24) is 10.2 Å². The summed E-state index contributed by atoms with van der Waals surface area (Å²) in [5, 5.41) is 11.7. The first-order chi connectivity index (χ1) is 14.4. The number of nitrogens with zero attached hydrogens (tertiary/aromatic N) is 4. The molecule has 0 aromatic heterocycles. The van der Waals surface area contributed by atoms with Crippen molar-refractivity contribution in [3.63, 3.8) is 0 Å². The summed E-state index contributed by atoms with van der Waals surface area (Å²) in [5.41, 5.74) is 0.856. The predicted molar refractivity (Wildman–Crippen MR) is 114 cm³/mol. The molecule has 1 aromatic carbocycles. The van der Waals surface area contributed by atoms with Crippen molar-refractivity contribution < 1.29 is 18.7 Å². The average molecular weight is 434 g/mol. The number of benzene rings is 1. The van der Waals surface area contributed by atoms with Gasteiger partial charge in [-0.2, -0.15) is 5.26 Å². The molecule has 2 amide bonds. The molecule has 2 heterocycles. The molecule has 1 N–H and O–H groups in total. The summed E-state index contributed by atoms with van der Waals surface area (Å²) in [6.07, 6.45) is -0.298. The first-order valence-corrected chi connectivity index (χ1v) is 10.3. The van der Waals surface area contributed by atoms with E-state index in [2.05, 4.69) is 5.32 Å². The Bertz CT molecular complexity index is 866. The van der Waals surface area contributed by atoms with Gasteiger partial charge < -0.3 is 19.9 Å². The topological polar surface area (TPSA) is 88.9 Å². The fourth-order valence-electron chi connectivity index (χ4n) is 3.49. The molecule has 160 valence electrons. The van der Waals surface area contributed by atoms with E-state index >= 15 is 0 Å². The largest absolute Gasteiger partial charge is 0.442 e. The fourth-order valence-corrected chi connectivity index (χ4v) is 3.57. The Morgan fingerprint density at radius 3 is 2.73 bits per heavy atom. The Morgan fingerprint density at radius 2 is 2.10 bits per heavy atom. The highest BCUT2D eigenvalue weighted by Crippen LogP contribution is 2.28. The molecule has 8 nitrogen and oxygen atoms in total. The molecule has 10 heteroatoms. The number of nitrogens with one attached hydrogen (secondary N) is 1. The minimum atomic E-state index is -0.513. The molecular formula is C20H24FN5O3S. The van der Waals surface area contributed by atoms with Crippen LogP contribution in [0.4, 0.5) is 20.6 Å². The molecule has 0 saturated carbocycles. The van der Waals surface area contributed by atoms with E-state index in [1.807, 2.05) is 17.9 Å². The molecule has 1 aromatic rings. The molecule has 0 bridgehead atoms. The molecule has 0 aliphatic carbocycles. The zero-order chi connectivity index (χ0) is 21.7. The fraction of sp³-hybridized carbons (Fsp3) is 0.500. The van der Waals surface area contributed by atoms with Gasteiger partial charge in [0.05, 0.1) is 35.5 Å². The Balaban J connectivity index is 1.61. The Labute approximate surface area is 180 Å². The second-order valence-corrected chi connectivity index (χ2v) is 7.61. The number of cyclic esters (lactones) is 1. The highest BCUT2D eigenvalue weighted by molar-refractivity contribution is 7.80. The number of ether oxygens (including phenoxy) is 1. The standard InChI is InChI=1S/C20H24FN5O3S/c1-2-18(30)23-12-15-13-26(20(28)29-15)14-3-4-17(16(21)11-14)24-7-9-25(10-8-24)19(27)5-6-22/h3-4,11,15H,2,5,7-10,12-13H2,1H3,(H,23,30)/t15-/m0/s1. The van der Waals surface area contributed by atoms with Crippen molar-refractivity contribution in [3.05, 3.63) is 24.0 Å².